The molecule has 0 saturated heterocycles. The number of carboxylic acids is 1. The monoisotopic (exact) mass is 577 g/mol. The number of hydrogen-bond acceptors (Lipinski definition) is 7. The Morgan fingerprint density at radius 1 is 0.829 bits per heavy atom. The van der Waals surface area contributed by atoms with Crippen LogP contribution in [0.15, 0.2) is 30.3 Å². The van der Waals surface area contributed by atoms with E-state index in [4.69, 9.17) is 5.73 Å². The summed E-state index contributed by atoms with van der Waals surface area (Å²) in [5.41, 5.74) is 6.11. The Morgan fingerprint density at radius 2 is 1.44 bits per heavy atom. The van der Waals surface area contributed by atoms with E-state index in [0.29, 0.717) is 24.9 Å². The van der Waals surface area contributed by atoms with Crippen LogP contribution < -0.4 is 11.1 Å². The lowest BCUT2D eigenvalue weighted by Crippen LogP contribution is -2.50. The molecule has 1 aromatic carbocycles. The number of nitrogens with one attached hydrogen (secondary N) is 1. The molecule has 41 heavy (non-hydrogen) atoms. The molecule has 0 aliphatic carbocycles. The van der Waals surface area contributed by atoms with E-state index in [1.807, 2.05) is 27.7 Å². The summed E-state index contributed by atoms with van der Waals surface area (Å²) in [6.07, 6.45) is 0.789. The molecule has 4 amide bonds. The van der Waals surface area contributed by atoms with Gasteiger partial charge in [-0.15, -0.1) is 0 Å². The summed E-state index contributed by atoms with van der Waals surface area (Å²) in [6.45, 7) is 7.16. The summed E-state index contributed by atoms with van der Waals surface area (Å²) in [5.74, 6) is -2.56. The Morgan fingerprint density at radius 3 is 1.98 bits per heavy atom. The molecule has 0 bridgehead atoms. The number of rotatable bonds is 19. The molecule has 1 aromatic rings. The third-order valence-electron chi connectivity index (χ3n) is 6.29. The average Bonchev–Trinajstić information content (AvgIpc) is 2.92. The van der Waals surface area contributed by atoms with Crippen LogP contribution in [0.2, 0.25) is 0 Å². The molecule has 0 saturated carbocycles. The third-order valence-corrected chi connectivity index (χ3v) is 6.29. The van der Waals surface area contributed by atoms with E-state index in [9.17, 15) is 34.2 Å². The molecule has 1 atom stereocenters. The average molecular weight is 578 g/mol. The predicted molar refractivity (Wildman–Crippen MR) is 155 cm³/mol. The van der Waals surface area contributed by atoms with Crippen molar-refractivity contribution in [3.8, 4) is 0 Å². The number of carboxylic acid groups (broad SMARTS) is 1. The van der Waals surface area contributed by atoms with Crippen molar-refractivity contribution < 1.29 is 34.2 Å². The van der Waals surface area contributed by atoms with Gasteiger partial charge < -0.3 is 36.0 Å². The topological polar surface area (TPSA) is 174 Å². The second-order valence-electron chi connectivity index (χ2n) is 10.8. The molecule has 12 nitrogen and oxygen atoms in total. The summed E-state index contributed by atoms with van der Waals surface area (Å²) >= 11 is 0. The van der Waals surface area contributed by atoms with Crippen molar-refractivity contribution in [3.63, 3.8) is 0 Å². The molecule has 5 N–H and O–H groups in total. The zero-order valence-corrected chi connectivity index (χ0v) is 24.8. The minimum Gasteiger partial charge on any atom is -0.480 e. The van der Waals surface area contributed by atoms with E-state index >= 15 is 0 Å². The Labute approximate surface area is 242 Å². The van der Waals surface area contributed by atoms with Crippen molar-refractivity contribution in [2.24, 2.45) is 17.6 Å². The lowest BCUT2D eigenvalue weighted by atomic mass is 10.0. The maximum absolute atomic E-state index is 13.2. The van der Waals surface area contributed by atoms with E-state index in [1.54, 1.807) is 30.3 Å². The summed E-state index contributed by atoms with van der Waals surface area (Å²) in [7, 11) is 0. The number of amides is 4. The molecule has 1 rings (SSSR count). The number of hydrogen-bond donors (Lipinski definition) is 4. The molecule has 0 aromatic heterocycles. The molecule has 0 radical (unpaired) electrons. The lowest BCUT2D eigenvalue weighted by Gasteiger charge is -2.30. The fourth-order valence-electron chi connectivity index (χ4n) is 4.14. The molecular formula is C29H47N5O7. The fourth-order valence-corrected chi connectivity index (χ4v) is 4.14. The maximum Gasteiger partial charge on any atom is 0.326 e. The highest BCUT2D eigenvalue weighted by Gasteiger charge is 2.26. The number of aliphatic hydroxyl groups excluding tert-OH is 1. The zero-order valence-electron chi connectivity index (χ0n) is 24.8. The number of benzene rings is 1. The van der Waals surface area contributed by atoms with Crippen molar-refractivity contribution in [2.45, 2.75) is 53.0 Å². The number of aliphatic hydroxyl groups is 1. The molecule has 0 heterocycles. The Balaban J connectivity index is 2.89. The van der Waals surface area contributed by atoms with Crippen LogP contribution in [0.4, 0.5) is 0 Å². The van der Waals surface area contributed by atoms with Crippen molar-refractivity contribution in [2.75, 3.05) is 52.4 Å². The number of nitrogens with zero attached hydrogens (tertiary/aromatic N) is 3. The minimum absolute atomic E-state index is 0.0223. The van der Waals surface area contributed by atoms with Gasteiger partial charge in [0, 0.05) is 44.7 Å². The molecule has 230 valence electrons. The Hall–Kier alpha value is -3.51. The van der Waals surface area contributed by atoms with Gasteiger partial charge in [-0.05, 0) is 36.8 Å². The number of aliphatic carboxylic acids is 1. The molecule has 0 spiro atoms. The van der Waals surface area contributed by atoms with Gasteiger partial charge in [-0.25, -0.2) is 4.79 Å². The highest BCUT2D eigenvalue weighted by molar-refractivity contribution is 5.97. The van der Waals surface area contributed by atoms with Crippen LogP contribution in [0.25, 0.3) is 0 Å². The first kappa shape index (κ1) is 35.5. The minimum atomic E-state index is -1.12. The third kappa shape index (κ3) is 13.6. The first-order chi connectivity index (χ1) is 19.4. The standard InChI is InChI=1S/C29H47N5O7/c1-21(2)10-11-24(29(40)41)31-25(36)12-14-32(15-13-30)26(37)19-33(16-17-35)27(38)20-34(18-22(3)4)28(39)23-8-6-5-7-9-23/h5-9,21-22,24,35H,10-20,30H2,1-4H3,(H,31,36)(H,40,41)/t24-/m0/s1. The predicted octanol–water partition coefficient (Wildman–Crippen LogP) is 0.789. The van der Waals surface area contributed by atoms with Gasteiger partial charge in [0.1, 0.15) is 12.6 Å². The van der Waals surface area contributed by atoms with Gasteiger partial charge in [-0.1, -0.05) is 45.9 Å². The number of carbonyl (C=O) groups excluding carboxylic acids is 4. The van der Waals surface area contributed by atoms with E-state index < -0.39 is 29.7 Å². The van der Waals surface area contributed by atoms with Gasteiger partial charge in [0.05, 0.1) is 13.2 Å². The Kier molecular flexibility index (Phi) is 16.3. The van der Waals surface area contributed by atoms with E-state index in [2.05, 4.69) is 5.32 Å². The van der Waals surface area contributed by atoms with Gasteiger partial charge in [0.15, 0.2) is 0 Å². The van der Waals surface area contributed by atoms with Crippen LogP contribution in [-0.2, 0) is 19.2 Å². The van der Waals surface area contributed by atoms with Gasteiger partial charge in [0.25, 0.3) is 5.91 Å². The second kappa shape index (κ2) is 18.8. The number of carbonyl (C=O) groups is 5. The van der Waals surface area contributed by atoms with Crippen LogP contribution in [0.1, 0.15) is 57.3 Å². The lowest BCUT2D eigenvalue weighted by molar-refractivity contribution is -0.143. The molecule has 0 unspecified atom stereocenters. The summed E-state index contributed by atoms with van der Waals surface area (Å²) in [5, 5.41) is 21.5. The van der Waals surface area contributed by atoms with Gasteiger partial charge in [0.2, 0.25) is 17.7 Å². The first-order valence-electron chi connectivity index (χ1n) is 14.1. The molecule has 0 fully saturated rings. The summed E-state index contributed by atoms with van der Waals surface area (Å²) < 4.78 is 0. The number of nitrogens with two attached hydrogens (primary N) is 1. The van der Waals surface area contributed by atoms with Crippen LogP contribution in [-0.4, -0.2) is 113 Å². The van der Waals surface area contributed by atoms with Crippen LogP contribution in [0, 0.1) is 11.8 Å². The van der Waals surface area contributed by atoms with E-state index in [1.165, 1.54) is 14.7 Å². The highest BCUT2D eigenvalue weighted by Crippen LogP contribution is 2.10. The van der Waals surface area contributed by atoms with Crippen molar-refractivity contribution in [1.82, 2.24) is 20.0 Å². The Bertz CT molecular complexity index is 987. The van der Waals surface area contributed by atoms with Crippen LogP contribution in [0.5, 0.6) is 0 Å². The van der Waals surface area contributed by atoms with Crippen LogP contribution in [0.3, 0.4) is 0 Å². The van der Waals surface area contributed by atoms with Gasteiger partial charge in [-0.3, -0.25) is 19.2 Å². The quantitative estimate of drug-likeness (QED) is 0.187. The summed E-state index contributed by atoms with van der Waals surface area (Å²) in [6, 6.07) is 7.57. The molecular weight excluding hydrogens is 530 g/mol. The van der Waals surface area contributed by atoms with Crippen molar-refractivity contribution in [1.29, 1.82) is 0 Å². The van der Waals surface area contributed by atoms with E-state index in [0.717, 1.165) is 0 Å². The largest absolute Gasteiger partial charge is 0.480 e. The second-order valence-corrected chi connectivity index (χ2v) is 10.8. The van der Waals surface area contributed by atoms with Crippen LogP contribution >= 0.6 is 0 Å². The van der Waals surface area contributed by atoms with Crippen molar-refractivity contribution in [3.05, 3.63) is 35.9 Å². The SMILES string of the molecule is CC(C)CC[C@H](NC(=O)CCN(CCN)C(=O)CN(CCO)C(=O)CN(CC(C)C)C(=O)c1ccccc1)C(=O)O. The fraction of sp³-hybridized carbons (Fsp3) is 0.621. The first-order valence-corrected chi connectivity index (χ1v) is 14.1. The van der Waals surface area contributed by atoms with Crippen molar-refractivity contribution >= 4 is 29.6 Å². The highest BCUT2D eigenvalue weighted by atomic mass is 16.4. The van der Waals surface area contributed by atoms with Gasteiger partial charge in [-0.2, -0.15) is 0 Å². The van der Waals surface area contributed by atoms with E-state index in [-0.39, 0.29) is 70.0 Å². The smallest absolute Gasteiger partial charge is 0.326 e. The van der Waals surface area contributed by atoms with Gasteiger partial charge >= 0.3 is 5.97 Å². The maximum atomic E-state index is 13.2. The molecule has 12 heteroatoms. The molecule has 0 aliphatic rings. The summed E-state index contributed by atoms with van der Waals surface area (Å²) in [4.78, 5) is 67.4. The normalized spacial score (nSPS) is 11.7. The zero-order chi connectivity index (χ0) is 30.9. The molecule has 0 aliphatic heterocycles.